The summed E-state index contributed by atoms with van der Waals surface area (Å²) in [5.74, 6) is 0.652. The maximum atomic E-state index is 10.3. The SMILES string of the molecule is CC(C)C(O)C(O)c1ccccc1C1CCC1. The summed E-state index contributed by atoms with van der Waals surface area (Å²) in [6.45, 7) is 3.86. The van der Waals surface area contributed by atoms with Gasteiger partial charge in [-0.3, -0.25) is 0 Å². The molecule has 0 aliphatic heterocycles. The van der Waals surface area contributed by atoms with Gasteiger partial charge >= 0.3 is 0 Å². The molecule has 0 heterocycles. The van der Waals surface area contributed by atoms with Gasteiger partial charge in [0.2, 0.25) is 0 Å². The van der Waals surface area contributed by atoms with Crippen LogP contribution in [0, 0.1) is 5.92 Å². The predicted molar refractivity (Wildman–Crippen MR) is 68.8 cm³/mol. The first-order valence-electron chi connectivity index (χ1n) is 6.56. The van der Waals surface area contributed by atoms with Crippen molar-refractivity contribution in [3.63, 3.8) is 0 Å². The molecule has 1 aliphatic carbocycles. The molecule has 2 nitrogen and oxygen atoms in total. The highest BCUT2D eigenvalue weighted by Crippen LogP contribution is 2.40. The van der Waals surface area contributed by atoms with E-state index in [-0.39, 0.29) is 5.92 Å². The predicted octanol–water partition coefficient (Wildman–Crippen LogP) is 3.00. The maximum Gasteiger partial charge on any atom is 0.105 e. The van der Waals surface area contributed by atoms with Crippen LogP contribution >= 0.6 is 0 Å². The molecule has 1 fully saturated rings. The number of benzene rings is 1. The summed E-state index contributed by atoms with van der Waals surface area (Å²) >= 11 is 0. The van der Waals surface area contributed by atoms with Crippen LogP contribution in [0.2, 0.25) is 0 Å². The second kappa shape index (κ2) is 5.19. The Morgan fingerprint density at radius 1 is 1.12 bits per heavy atom. The van der Waals surface area contributed by atoms with E-state index in [2.05, 4.69) is 6.07 Å². The van der Waals surface area contributed by atoms with Crippen LogP contribution in [-0.2, 0) is 0 Å². The fourth-order valence-corrected chi connectivity index (χ4v) is 2.42. The first kappa shape index (κ1) is 12.6. The van der Waals surface area contributed by atoms with E-state index in [4.69, 9.17) is 0 Å². The Labute approximate surface area is 103 Å². The van der Waals surface area contributed by atoms with E-state index in [1.807, 2.05) is 32.0 Å². The zero-order valence-electron chi connectivity index (χ0n) is 10.6. The summed E-state index contributed by atoms with van der Waals surface area (Å²) in [5, 5.41) is 20.3. The van der Waals surface area contributed by atoms with Crippen molar-refractivity contribution in [3.05, 3.63) is 35.4 Å². The normalized spacial score (nSPS) is 20.1. The maximum absolute atomic E-state index is 10.3. The lowest BCUT2D eigenvalue weighted by atomic mass is 9.76. The van der Waals surface area contributed by atoms with Gasteiger partial charge in [0.15, 0.2) is 0 Å². The Hall–Kier alpha value is -0.860. The van der Waals surface area contributed by atoms with Crippen molar-refractivity contribution in [2.24, 2.45) is 5.92 Å². The first-order valence-corrected chi connectivity index (χ1v) is 6.56. The molecule has 94 valence electrons. The van der Waals surface area contributed by atoms with Crippen LogP contribution in [0.25, 0.3) is 0 Å². The molecule has 2 rings (SSSR count). The summed E-state index contributed by atoms with van der Waals surface area (Å²) < 4.78 is 0. The van der Waals surface area contributed by atoms with Gasteiger partial charge in [0.25, 0.3) is 0 Å². The molecule has 0 radical (unpaired) electrons. The molecule has 1 aliphatic rings. The van der Waals surface area contributed by atoms with Crippen LogP contribution in [0.15, 0.2) is 24.3 Å². The fraction of sp³-hybridized carbons (Fsp3) is 0.600. The van der Waals surface area contributed by atoms with Crippen molar-refractivity contribution in [1.82, 2.24) is 0 Å². The lowest BCUT2D eigenvalue weighted by molar-refractivity contribution is -0.0102. The van der Waals surface area contributed by atoms with Crippen LogP contribution in [0.5, 0.6) is 0 Å². The summed E-state index contributed by atoms with van der Waals surface area (Å²) in [6.07, 6.45) is 2.26. The first-order chi connectivity index (χ1) is 8.11. The van der Waals surface area contributed by atoms with Gasteiger partial charge in [-0.05, 0) is 35.8 Å². The number of aliphatic hydroxyl groups is 2. The van der Waals surface area contributed by atoms with E-state index in [0.717, 1.165) is 5.56 Å². The quantitative estimate of drug-likeness (QED) is 0.840. The van der Waals surface area contributed by atoms with Gasteiger partial charge in [-0.2, -0.15) is 0 Å². The molecule has 1 aromatic rings. The van der Waals surface area contributed by atoms with Crippen molar-refractivity contribution in [1.29, 1.82) is 0 Å². The van der Waals surface area contributed by atoms with Crippen LogP contribution in [0.1, 0.15) is 56.3 Å². The van der Waals surface area contributed by atoms with Crippen molar-refractivity contribution in [2.75, 3.05) is 0 Å². The molecule has 1 aromatic carbocycles. The fourth-order valence-electron chi connectivity index (χ4n) is 2.42. The Kier molecular flexibility index (Phi) is 3.85. The van der Waals surface area contributed by atoms with E-state index in [0.29, 0.717) is 5.92 Å². The van der Waals surface area contributed by atoms with Crippen LogP contribution in [0.4, 0.5) is 0 Å². The van der Waals surface area contributed by atoms with Crippen molar-refractivity contribution in [3.8, 4) is 0 Å². The Morgan fingerprint density at radius 2 is 1.76 bits per heavy atom. The number of hydrogen-bond acceptors (Lipinski definition) is 2. The van der Waals surface area contributed by atoms with E-state index in [1.165, 1.54) is 24.8 Å². The minimum atomic E-state index is -0.758. The molecular formula is C15H22O2. The lowest BCUT2D eigenvalue weighted by Crippen LogP contribution is -2.25. The molecule has 0 saturated heterocycles. The van der Waals surface area contributed by atoms with Crippen LogP contribution < -0.4 is 0 Å². The van der Waals surface area contributed by atoms with Gasteiger partial charge in [0, 0.05) is 0 Å². The Morgan fingerprint density at radius 3 is 2.29 bits per heavy atom. The topological polar surface area (TPSA) is 40.5 Å². The Balaban J connectivity index is 2.24. The molecule has 0 bridgehead atoms. The summed E-state index contributed by atoms with van der Waals surface area (Å²) in [6, 6.07) is 8.00. The van der Waals surface area contributed by atoms with Gasteiger partial charge in [-0.15, -0.1) is 0 Å². The number of rotatable bonds is 4. The van der Waals surface area contributed by atoms with Crippen LogP contribution in [0.3, 0.4) is 0 Å². The molecule has 2 unspecified atom stereocenters. The number of aliphatic hydroxyl groups excluding tert-OH is 2. The molecule has 17 heavy (non-hydrogen) atoms. The highest BCUT2D eigenvalue weighted by molar-refractivity contribution is 5.34. The smallest absolute Gasteiger partial charge is 0.105 e. The van der Waals surface area contributed by atoms with Gasteiger partial charge < -0.3 is 10.2 Å². The van der Waals surface area contributed by atoms with E-state index >= 15 is 0 Å². The second-order valence-electron chi connectivity index (χ2n) is 5.44. The molecule has 0 spiro atoms. The highest BCUT2D eigenvalue weighted by atomic mass is 16.3. The van der Waals surface area contributed by atoms with E-state index in [9.17, 15) is 10.2 Å². The van der Waals surface area contributed by atoms with E-state index < -0.39 is 12.2 Å². The largest absolute Gasteiger partial charge is 0.390 e. The lowest BCUT2D eigenvalue weighted by Gasteiger charge is -2.31. The third-order valence-corrected chi connectivity index (χ3v) is 3.87. The van der Waals surface area contributed by atoms with Crippen molar-refractivity contribution < 1.29 is 10.2 Å². The summed E-state index contributed by atoms with van der Waals surface area (Å²) in [4.78, 5) is 0. The minimum Gasteiger partial charge on any atom is -0.390 e. The standard InChI is InChI=1S/C15H22O2/c1-10(2)14(16)15(17)13-9-4-3-8-12(13)11-6-5-7-11/h3-4,8-11,14-17H,5-7H2,1-2H3. The number of hydrogen-bond donors (Lipinski definition) is 2. The van der Waals surface area contributed by atoms with E-state index in [1.54, 1.807) is 0 Å². The van der Waals surface area contributed by atoms with Gasteiger partial charge in [-0.1, -0.05) is 44.5 Å². The molecule has 2 heteroatoms. The highest BCUT2D eigenvalue weighted by Gasteiger charge is 2.28. The van der Waals surface area contributed by atoms with Gasteiger partial charge in [-0.25, -0.2) is 0 Å². The summed E-state index contributed by atoms with van der Waals surface area (Å²) in [5.41, 5.74) is 2.14. The zero-order valence-corrected chi connectivity index (χ0v) is 10.6. The average Bonchev–Trinajstić information content (AvgIpc) is 2.25. The zero-order chi connectivity index (χ0) is 12.4. The third kappa shape index (κ3) is 2.53. The summed E-state index contributed by atoms with van der Waals surface area (Å²) in [7, 11) is 0. The van der Waals surface area contributed by atoms with Gasteiger partial charge in [0.05, 0.1) is 6.10 Å². The molecule has 0 amide bonds. The molecular weight excluding hydrogens is 212 g/mol. The van der Waals surface area contributed by atoms with Gasteiger partial charge in [0.1, 0.15) is 6.10 Å². The molecule has 1 saturated carbocycles. The van der Waals surface area contributed by atoms with Crippen molar-refractivity contribution in [2.45, 2.75) is 51.2 Å². The molecule has 2 atom stereocenters. The molecule has 2 N–H and O–H groups in total. The monoisotopic (exact) mass is 234 g/mol. The van der Waals surface area contributed by atoms with Crippen molar-refractivity contribution >= 4 is 0 Å². The average molecular weight is 234 g/mol. The molecule has 0 aromatic heterocycles. The Bertz CT molecular complexity index is 369. The second-order valence-corrected chi connectivity index (χ2v) is 5.44. The minimum absolute atomic E-state index is 0.0689. The third-order valence-electron chi connectivity index (χ3n) is 3.87. The van der Waals surface area contributed by atoms with Crippen LogP contribution in [-0.4, -0.2) is 16.3 Å².